The number of likely N-dealkylation sites (tertiary alicyclic amines) is 1. The van der Waals surface area contributed by atoms with Gasteiger partial charge >= 0.3 is 6.09 Å². The summed E-state index contributed by atoms with van der Waals surface area (Å²) in [6.45, 7) is 0.785. The van der Waals surface area contributed by atoms with Gasteiger partial charge < -0.3 is 29.0 Å². The van der Waals surface area contributed by atoms with Crippen LogP contribution in [0, 0.1) is 0 Å². The lowest BCUT2D eigenvalue weighted by atomic mass is 10.1. The Hall–Kier alpha value is -4.01. The predicted octanol–water partition coefficient (Wildman–Crippen LogP) is 5.26. The minimum Gasteiger partial charge on any atom is -0.504 e. The minimum atomic E-state index is -0.928. The van der Waals surface area contributed by atoms with E-state index in [2.05, 4.69) is 10.2 Å². The highest BCUT2D eigenvalue weighted by atomic mass is 16.5. The Morgan fingerprint density at radius 2 is 1.97 bits per heavy atom. The van der Waals surface area contributed by atoms with E-state index in [0.29, 0.717) is 54.1 Å². The van der Waals surface area contributed by atoms with Gasteiger partial charge in [-0.15, -0.1) is 10.2 Å². The van der Waals surface area contributed by atoms with E-state index in [1.165, 1.54) is 12.0 Å². The highest BCUT2D eigenvalue weighted by Gasteiger charge is 2.27. The lowest BCUT2D eigenvalue weighted by Gasteiger charge is -2.30. The van der Waals surface area contributed by atoms with Crippen LogP contribution < -0.4 is 9.47 Å². The van der Waals surface area contributed by atoms with Crippen molar-refractivity contribution >= 4 is 34.5 Å². The van der Waals surface area contributed by atoms with E-state index >= 15 is 0 Å². The van der Waals surface area contributed by atoms with E-state index in [1.807, 2.05) is 24.3 Å². The third kappa shape index (κ3) is 3.41. The van der Waals surface area contributed by atoms with Crippen molar-refractivity contribution in [3.8, 4) is 17.2 Å². The highest BCUT2D eigenvalue weighted by molar-refractivity contribution is 5.96. The molecule has 1 amide bonds. The zero-order chi connectivity index (χ0) is 22.2. The Bertz CT molecular complexity index is 1250. The molecule has 5 rings (SSSR count). The molecule has 2 aliphatic heterocycles. The predicted molar refractivity (Wildman–Crippen MR) is 117 cm³/mol. The Kier molecular flexibility index (Phi) is 4.93. The lowest BCUT2D eigenvalue weighted by molar-refractivity contribution is 0.0880. The number of furan rings is 1. The molecule has 0 spiro atoms. The van der Waals surface area contributed by atoms with Gasteiger partial charge in [0.25, 0.3) is 0 Å². The molecule has 2 aromatic carbocycles. The van der Waals surface area contributed by atoms with E-state index in [9.17, 15) is 9.90 Å². The van der Waals surface area contributed by atoms with Crippen molar-refractivity contribution in [2.45, 2.75) is 18.9 Å². The van der Waals surface area contributed by atoms with Crippen LogP contribution in [0.2, 0.25) is 0 Å². The third-order valence-electron chi connectivity index (χ3n) is 5.71. The number of amides is 1. The van der Waals surface area contributed by atoms with Gasteiger partial charge in [-0.2, -0.15) is 0 Å². The van der Waals surface area contributed by atoms with Crippen LogP contribution in [0.1, 0.15) is 24.2 Å². The molecule has 2 aliphatic rings. The molecular weight excluding hydrogens is 414 g/mol. The molecule has 0 bridgehead atoms. The van der Waals surface area contributed by atoms with Crippen molar-refractivity contribution in [2.24, 2.45) is 10.2 Å². The molecule has 0 atom stereocenters. The van der Waals surface area contributed by atoms with Crippen LogP contribution in [0.15, 0.2) is 51.0 Å². The summed E-state index contributed by atoms with van der Waals surface area (Å²) in [5.74, 6) is 1.06. The normalized spacial score (nSPS) is 17.2. The number of piperidine rings is 1. The van der Waals surface area contributed by atoms with Crippen molar-refractivity contribution in [3.63, 3.8) is 0 Å². The number of nitrogens with zero attached hydrogens (tertiary/aromatic N) is 3. The van der Waals surface area contributed by atoms with Crippen LogP contribution in [0.25, 0.3) is 22.7 Å². The Balaban J connectivity index is 1.50. The molecule has 1 aromatic heterocycles. The minimum absolute atomic E-state index is 0.0275. The highest BCUT2D eigenvalue weighted by Crippen LogP contribution is 2.45. The number of ether oxygens (including phenoxy) is 2. The lowest BCUT2D eigenvalue weighted by Crippen LogP contribution is -2.41. The molecule has 1 fully saturated rings. The maximum atomic E-state index is 11.2. The molecular formula is C23H21N3O6. The zero-order valence-electron chi connectivity index (χ0n) is 17.3. The number of aromatic hydroxyl groups is 1. The Morgan fingerprint density at radius 1 is 1.19 bits per heavy atom. The number of rotatable bonds is 4. The van der Waals surface area contributed by atoms with Crippen LogP contribution >= 0.6 is 0 Å². The van der Waals surface area contributed by atoms with Gasteiger partial charge in [-0.25, -0.2) is 4.79 Å². The molecule has 0 aliphatic carbocycles. The summed E-state index contributed by atoms with van der Waals surface area (Å²) in [5, 5.41) is 28.8. The first kappa shape index (κ1) is 19.9. The summed E-state index contributed by atoms with van der Waals surface area (Å²) >= 11 is 0. The average Bonchev–Trinajstić information content (AvgIpc) is 3.36. The van der Waals surface area contributed by atoms with Gasteiger partial charge in [-0.1, -0.05) is 18.2 Å². The van der Waals surface area contributed by atoms with Gasteiger partial charge in [-0.3, -0.25) is 0 Å². The average molecular weight is 435 g/mol. The fraction of sp³-hybridized carbons (Fsp3) is 0.261. The monoisotopic (exact) mass is 435 g/mol. The van der Waals surface area contributed by atoms with Crippen LogP contribution in [-0.2, 0) is 0 Å². The van der Waals surface area contributed by atoms with Crippen molar-refractivity contribution in [1.82, 2.24) is 4.90 Å². The number of carbonyl (C=O) groups is 1. The SMILES string of the molecule is COc1ccc2c(O)c(C=C3N=Nc4ccccc43)oc2c1OC1CCN(C(=O)O)CC1. The van der Waals surface area contributed by atoms with Crippen LogP contribution in [-0.4, -0.2) is 47.5 Å². The van der Waals surface area contributed by atoms with Crippen LogP contribution in [0.3, 0.4) is 0 Å². The van der Waals surface area contributed by atoms with E-state index in [-0.39, 0.29) is 17.6 Å². The van der Waals surface area contributed by atoms with Gasteiger partial charge in [0.05, 0.1) is 23.9 Å². The second kappa shape index (κ2) is 7.92. The Labute approximate surface area is 183 Å². The fourth-order valence-corrected chi connectivity index (χ4v) is 4.00. The number of hydrogen-bond donors (Lipinski definition) is 2. The largest absolute Gasteiger partial charge is 0.504 e. The molecule has 9 nitrogen and oxygen atoms in total. The molecule has 1 saturated heterocycles. The molecule has 32 heavy (non-hydrogen) atoms. The van der Waals surface area contributed by atoms with E-state index in [1.54, 1.807) is 18.2 Å². The molecule has 164 valence electrons. The summed E-state index contributed by atoms with van der Waals surface area (Å²) in [6.07, 6.45) is 1.61. The number of methoxy groups -OCH3 is 1. The summed E-state index contributed by atoms with van der Waals surface area (Å²) < 4.78 is 17.7. The van der Waals surface area contributed by atoms with Crippen molar-refractivity contribution in [2.75, 3.05) is 20.2 Å². The molecule has 9 heteroatoms. The second-order valence-electron chi connectivity index (χ2n) is 7.62. The molecule has 3 aromatic rings. The van der Waals surface area contributed by atoms with E-state index < -0.39 is 6.09 Å². The maximum Gasteiger partial charge on any atom is 0.407 e. The van der Waals surface area contributed by atoms with Gasteiger partial charge in [0, 0.05) is 37.6 Å². The van der Waals surface area contributed by atoms with Crippen molar-refractivity contribution in [1.29, 1.82) is 0 Å². The number of azo groups is 1. The smallest absolute Gasteiger partial charge is 0.407 e. The fourth-order valence-electron chi connectivity index (χ4n) is 4.00. The molecule has 0 radical (unpaired) electrons. The van der Waals surface area contributed by atoms with Crippen LogP contribution in [0.5, 0.6) is 17.2 Å². The number of carboxylic acid groups (broad SMARTS) is 1. The van der Waals surface area contributed by atoms with Gasteiger partial charge in [0.2, 0.25) is 5.75 Å². The number of fused-ring (bicyclic) bond motifs is 2. The molecule has 3 heterocycles. The first-order valence-corrected chi connectivity index (χ1v) is 10.2. The molecule has 0 unspecified atom stereocenters. The number of benzene rings is 2. The standard InChI is InChI=1S/C23H21N3O6/c1-30-18-7-6-15-20(27)19(12-17-14-4-2-3-5-16(14)24-25-17)32-21(15)22(18)31-13-8-10-26(11-9-13)23(28)29/h2-7,12-13,27H,8-11H2,1H3,(H,28,29). The van der Waals surface area contributed by atoms with Crippen molar-refractivity contribution < 1.29 is 28.9 Å². The zero-order valence-corrected chi connectivity index (χ0v) is 17.3. The molecule has 2 N–H and O–H groups in total. The summed E-state index contributed by atoms with van der Waals surface area (Å²) in [7, 11) is 1.53. The summed E-state index contributed by atoms with van der Waals surface area (Å²) in [4.78, 5) is 12.5. The third-order valence-corrected chi connectivity index (χ3v) is 5.71. The van der Waals surface area contributed by atoms with Crippen molar-refractivity contribution in [3.05, 3.63) is 47.7 Å². The Morgan fingerprint density at radius 3 is 2.72 bits per heavy atom. The quantitative estimate of drug-likeness (QED) is 0.577. The number of hydrogen-bond acceptors (Lipinski definition) is 7. The second-order valence-corrected chi connectivity index (χ2v) is 7.62. The van der Waals surface area contributed by atoms with Gasteiger partial charge in [-0.05, 0) is 18.2 Å². The maximum absolute atomic E-state index is 11.2. The van der Waals surface area contributed by atoms with E-state index in [4.69, 9.17) is 19.0 Å². The van der Waals surface area contributed by atoms with Gasteiger partial charge in [0.1, 0.15) is 6.10 Å². The van der Waals surface area contributed by atoms with Crippen LogP contribution in [0.4, 0.5) is 10.5 Å². The summed E-state index contributed by atoms with van der Waals surface area (Å²) in [5.41, 5.74) is 2.56. The topological polar surface area (TPSA) is 117 Å². The first-order chi connectivity index (χ1) is 15.5. The first-order valence-electron chi connectivity index (χ1n) is 10.2. The van der Waals surface area contributed by atoms with Gasteiger partial charge in [0.15, 0.2) is 22.8 Å². The molecule has 0 saturated carbocycles. The summed E-state index contributed by atoms with van der Waals surface area (Å²) in [6, 6.07) is 11.0. The van der Waals surface area contributed by atoms with E-state index in [0.717, 1.165) is 11.3 Å².